The summed E-state index contributed by atoms with van der Waals surface area (Å²) >= 11 is 14.8. The van der Waals surface area contributed by atoms with Crippen LogP contribution >= 0.6 is 39.1 Å². The van der Waals surface area contributed by atoms with Crippen molar-refractivity contribution in [3.8, 4) is 0 Å². The number of hydrogen-bond donors (Lipinski definition) is 0. The highest BCUT2D eigenvalue weighted by atomic mass is 79.9. The second kappa shape index (κ2) is 6.04. The van der Waals surface area contributed by atoms with Crippen LogP contribution in [0.1, 0.15) is 15.9 Å². The van der Waals surface area contributed by atoms with E-state index in [1.165, 1.54) is 12.1 Å². The van der Waals surface area contributed by atoms with Crippen LogP contribution in [0.4, 0.5) is 4.39 Å². The van der Waals surface area contributed by atoms with Crippen LogP contribution in [-0.2, 0) is 6.42 Å². The zero-order valence-corrected chi connectivity index (χ0v) is 12.7. The lowest BCUT2D eigenvalue weighted by Gasteiger charge is -2.06. The van der Waals surface area contributed by atoms with Crippen molar-refractivity contribution in [3.63, 3.8) is 0 Å². The lowest BCUT2D eigenvalue weighted by atomic mass is 10.0. The molecule has 0 amide bonds. The van der Waals surface area contributed by atoms with Gasteiger partial charge in [-0.3, -0.25) is 4.79 Å². The molecule has 0 radical (unpaired) electrons. The van der Waals surface area contributed by atoms with Gasteiger partial charge in [-0.1, -0.05) is 51.3 Å². The summed E-state index contributed by atoms with van der Waals surface area (Å²) in [7, 11) is 0. The van der Waals surface area contributed by atoms with Gasteiger partial charge in [-0.05, 0) is 29.8 Å². The van der Waals surface area contributed by atoms with Gasteiger partial charge >= 0.3 is 0 Å². The van der Waals surface area contributed by atoms with Crippen LogP contribution in [0.5, 0.6) is 0 Å². The van der Waals surface area contributed by atoms with Crippen LogP contribution in [0.3, 0.4) is 0 Å². The van der Waals surface area contributed by atoms with E-state index in [2.05, 4.69) is 15.9 Å². The highest BCUT2D eigenvalue weighted by molar-refractivity contribution is 9.10. The lowest BCUT2D eigenvalue weighted by molar-refractivity contribution is 0.0991. The molecule has 0 atom stereocenters. The highest BCUT2D eigenvalue weighted by Crippen LogP contribution is 2.24. The molecule has 2 rings (SSSR count). The minimum absolute atomic E-state index is 0.00968. The molecule has 2 aromatic carbocycles. The Balaban J connectivity index is 2.31. The maximum atomic E-state index is 13.7. The third-order valence-electron chi connectivity index (χ3n) is 2.61. The molecule has 0 N–H and O–H groups in total. The molecule has 98 valence electrons. The minimum Gasteiger partial charge on any atom is -0.294 e. The number of carbonyl (C=O) groups is 1. The Bertz CT molecular complexity index is 643. The summed E-state index contributed by atoms with van der Waals surface area (Å²) < 4.78 is 14.4. The Morgan fingerprint density at radius 2 is 1.95 bits per heavy atom. The molecule has 1 nitrogen and oxygen atoms in total. The number of benzene rings is 2. The van der Waals surface area contributed by atoms with Crippen LogP contribution < -0.4 is 0 Å². The Kier molecular flexibility index (Phi) is 4.61. The zero-order chi connectivity index (χ0) is 14.0. The molecule has 0 spiro atoms. The fourth-order valence-corrected chi connectivity index (χ4v) is 2.50. The predicted molar refractivity (Wildman–Crippen MR) is 78.6 cm³/mol. The van der Waals surface area contributed by atoms with Crippen molar-refractivity contribution in [3.05, 3.63) is 67.9 Å². The Labute approximate surface area is 128 Å². The van der Waals surface area contributed by atoms with E-state index in [-0.39, 0.29) is 22.8 Å². The largest absolute Gasteiger partial charge is 0.294 e. The fourth-order valence-electron chi connectivity index (χ4n) is 1.66. The van der Waals surface area contributed by atoms with Gasteiger partial charge in [0.2, 0.25) is 0 Å². The summed E-state index contributed by atoms with van der Waals surface area (Å²) in [5.74, 6) is -0.786. The van der Waals surface area contributed by atoms with Gasteiger partial charge in [-0.25, -0.2) is 4.39 Å². The van der Waals surface area contributed by atoms with E-state index < -0.39 is 5.82 Å². The first-order chi connectivity index (χ1) is 8.99. The molecule has 19 heavy (non-hydrogen) atoms. The highest BCUT2D eigenvalue weighted by Gasteiger charge is 2.15. The minimum atomic E-state index is -0.560. The van der Waals surface area contributed by atoms with Gasteiger partial charge in [0.25, 0.3) is 0 Å². The van der Waals surface area contributed by atoms with E-state index in [0.717, 1.165) is 0 Å². The van der Waals surface area contributed by atoms with E-state index in [1.54, 1.807) is 24.3 Å². The second-order valence-electron chi connectivity index (χ2n) is 3.94. The molecule has 0 unspecified atom stereocenters. The van der Waals surface area contributed by atoms with Gasteiger partial charge in [0, 0.05) is 21.5 Å². The molecule has 0 fully saturated rings. The summed E-state index contributed by atoms with van der Waals surface area (Å²) in [5, 5.41) is 0.466. The molecule has 0 aliphatic heterocycles. The molecule has 5 heteroatoms. The number of rotatable bonds is 3. The first-order valence-electron chi connectivity index (χ1n) is 5.40. The SMILES string of the molecule is O=C(Cc1cccc(Cl)c1F)c1cc(Cl)ccc1Br. The molecule has 0 saturated carbocycles. The number of carbonyl (C=O) groups excluding carboxylic acids is 1. The van der Waals surface area contributed by atoms with Crippen molar-refractivity contribution in [1.29, 1.82) is 0 Å². The molecule has 0 aliphatic rings. The van der Waals surface area contributed by atoms with Crippen LogP contribution in [-0.4, -0.2) is 5.78 Å². The smallest absolute Gasteiger partial charge is 0.168 e. The van der Waals surface area contributed by atoms with Crippen LogP contribution in [0.2, 0.25) is 10.0 Å². The number of ketones is 1. The number of hydrogen-bond acceptors (Lipinski definition) is 1. The van der Waals surface area contributed by atoms with Crippen LogP contribution in [0.25, 0.3) is 0 Å². The lowest BCUT2D eigenvalue weighted by Crippen LogP contribution is -2.06. The van der Waals surface area contributed by atoms with Gasteiger partial charge in [0.05, 0.1) is 5.02 Å². The van der Waals surface area contributed by atoms with Crippen molar-refractivity contribution >= 4 is 44.9 Å². The summed E-state index contributed by atoms with van der Waals surface area (Å²) in [6, 6.07) is 9.50. The van der Waals surface area contributed by atoms with Crippen molar-refractivity contribution in [2.45, 2.75) is 6.42 Å². The normalized spacial score (nSPS) is 10.5. The first kappa shape index (κ1) is 14.5. The van der Waals surface area contributed by atoms with Gasteiger partial charge < -0.3 is 0 Å². The maximum absolute atomic E-state index is 13.7. The summed E-state index contributed by atoms with van der Waals surface area (Å²) in [6.07, 6.45) is -0.0642. The summed E-state index contributed by atoms with van der Waals surface area (Å²) in [5.41, 5.74) is 0.691. The summed E-state index contributed by atoms with van der Waals surface area (Å²) in [4.78, 5) is 12.2. The maximum Gasteiger partial charge on any atom is 0.168 e. The van der Waals surface area contributed by atoms with Gasteiger partial charge in [-0.2, -0.15) is 0 Å². The average Bonchev–Trinajstić information content (AvgIpc) is 2.38. The third-order valence-corrected chi connectivity index (χ3v) is 3.83. The Hall–Kier alpha value is -0.900. The predicted octanol–water partition coefficient (Wildman–Crippen LogP) is 5.32. The molecular weight excluding hydrogens is 354 g/mol. The Morgan fingerprint density at radius 3 is 2.68 bits per heavy atom. The molecule has 2 aromatic rings. The second-order valence-corrected chi connectivity index (χ2v) is 5.64. The van der Waals surface area contributed by atoms with Crippen LogP contribution in [0.15, 0.2) is 40.9 Å². The van der Waals surface area contributed by atoms with E-state index in [4.69, 9.17) is 23.2 Å². The van der Waals surface area contributed by atoms with E-state index in [9.17, 15) is 9.18 Å². The molecular formula is C14H8BrCl2FO. The van der Waals surface area contributed by atoms with Crippen molar-refractivity contribution < 1.29 is 9.18 Å². The van der Waals surface area contributed by atoms with Crippen LogP contribution in [0, 0.1) is 5.82 Å². The van der Waals surface area contributed by atoms with E-state index >= 15 is 0 Å². The average molecular weight is 362 g/mol. The van der Waals surface area contributed by atoms with Gasteiger partial charge in [0.1, 0.15) is 5.82 Å². The molecule has 0 saturated heterocycles. The summed E-state index contributed by atoms with van der Waals surface area (Å²) in [6.45, 7) is 0. The quantitative estimate of drug-likeness (QED) is 0.676. The van der Waals surface area contributed by atoms with Gasteiger partial charge in [0.15, 0.2) is 5.78 Å². The molecule has 0 bridgehead atoms. The standard InChI is InChI=1S/C14H8BrCl2FO/c15-11-5-4-9(16)7-10(11)13(19)6-8-2-1-3-12(17)14(8)18/h1-5,7H,6H2. The fraction of sp³-hybridized carbons (Fsp3) is 0.0714. The van der Waals surface area contributed by atoms with E-state index in [0.29, 0.717) is 15.1 Å². The molecule has 0 heterocycles. The van der Waals surface area contributed by atoms with Crippen molar-refractivity contribution in [2.24, 2.45) is 0 Å². The van der Waals surface area contributed by atoms with Gasteiger partial charge in [-0.15, -0.1) is 0 Å². The third kappa shape index (κ3) is 3.35. The number of halogens is 4. The first-order valence-corrected chi connectivity index (χ1v) is 6.95. The van der Waals surface area contributed by atoms with Crippen molar-refractivity contribution in [2.75, 3.05) is 0 Å². The monoisotopic (exact) mass is 360 g/mol. The topological polar surface area (TPSA) is 17.1 Å². The molecule has 0 aliphatic carbocycles. The molecule has 0 aromatic heterocycles. The van der Waals surface area contributed by atoms with Crippen molar-refractivity contribution in [1.82, 2.24) is 0 Å². The van der Waals surface area contributed by atoms with E-state index in [1.807, 2.05) is 0 Å². The number of Topliss-reactive ketones (excluding diaryl/α,β-unsaturated/α-hetero) is 1. The zero-order valence-electron chi connectivity index (χ0n) is 9.59. The Morgan fingerprint density at radius 1 is 1.21 bits per heavy atom.